The van der Waals surface area contributed by atoms with E-state index < -0.39 is 0 Å². The van der Waals surface area contributed by atoms with Crippen LogP contribution in [0.25, 0.3) is 0 Å². The fourth-order valence-corrected chi connectivity index (χ4v) is 4.64. The lowest BCUT2D eigenvalue weighted by Gasteiger charge is -2.34. The average Bonchev–Trinajstić information content (AvgIpc) is 2.85. The lowest BCUT2D eigenvalue weighted by molar-refractivity contribution is -0.118. The van der Waals surface area contributed by atoms with Gasteiger partial charge in [0.25, 0.3) is 0 Å². The van der Waals surface area contributed by atoms with Gasteiger partial charge >= 0.3 is 0 Å². The van der Waals surface area contributed by atoms with Gasteiger partial charge in [-0.25, -0.2) is 5.43 Å². The van der Waals surface area contributed by atoms with Crippen LogP contribution in [0.5, 0.6) is 0 Å². The maximum absolute atomic E-state index is 12.0. The second-order valence-electron chi connectivity index (χ2n) is 7.19. The first kappa shape index (κ1) is 15.6. The third-order valence-corrected chi connectivity index (χ3v) is 6.95. The number of carbonyl (C=O) groups is 1. The predicted octanol–water partition coefficient (Wildman–Crippen LogP) is 4.10. The molecule has 0 aromatic heterocycles. The van der Waals surface area contributed by atoms with Gasteiger partial charge in [0.15, 0.2) is 0 Å². The summed E-state index contributed by atoms with van der Waals surface area (Å²) < 4.78 is 0. The molecule has 2 saturated carbocycles. The van der Waals surface area contributed by atoms with Crippen molar-refractivity contribution >= 4 is 23.4 Å². The molecule has 0 saturated heterocycles. The third kappa shape index (κ3) is 2.58. The summed E-state index contributed by atoms with van der Waals surface area (Å²) in [5, 5.41) is 4.49. The normalized spacial score (nSPS) is 30.7. The lowest BCUT2D eigenvalue weighted by atomic mass is 9.70. The van der Waals surface area contributed by atoms with Crippen molar-refractivity contribution in [2.24, 2.45) is 21.8 Å². The van der Waals surface area contributed by atoms with E-state index in [2.05, 4.69) is 31.3 Å². The fraction of sp³-hybridized carbons (Fsp3) is 0.556. The molecule has 4 heteroatoms. The van der Waals surface area contributed by atoms with Crippen molar-refractivity contribution in [3.8, 4) is 0 Å². The van der Waals surface area contributed by atoms with Crippen LogP contribution < -0.4 is 5.43 Å². The van der Waals surface area contributed by atoms with Gasteiger partial charge in [-0.05, 0) is 42.7 Å². The number of benzene rings is 1. The molecule has 2 fully saturated rings. The predicted molar refractivity (Wildman–Crippen MR) is 92.0 cm³/mol. The van der Waals surface area contributed by atoms with Crippen LogP contribution >= 0.6 is 11.8 Å². The Morgan fingerprint density at radius 1 is 1.32 bits per heavy atom. The highest BCUT2D eigenvalue weighted by atomic mass is 32.2. The second kappa shape index (κ2) is 5.73. The molecule has 3 rings (SSSR count). The largest absolute Gasteiger partial charge is 0.272 e. The summed E-state index contributed by atoms with van der Waals surface area (Å²) in [5.74, 6) is 1.10. The summed E-state index contributed by atoms with van der Waals surface area (Å²) in [6.45, 7) is 7.00. The Bertz CT molecular complexity index is 596. The quantitative estimate of drug-likeness (QED) is 0.671. The molecule has 3 nitrogen and oxygen atoms in total. The minimum Gasteiger partial charge on any atom is -0.272 e. The van der Waals surface area contributed by atoms with E-state index in [1.165, 1.54) is 18.6 Å². The summed E-state index contributed by atoms with van der Waals surface area (Å²) in [7, 11) is 0. The number of carbonyl (C=O) groups excluding carboxylic acids is 1. The van der Waals surface area contributed by atoms with Gasteiger partial charge in [0.2, 0.25) is 5.91 Å². The molecule has 22 heavy (non-hydrogen) atoms. The molecule has 0 spiro atoms. The summed E-state index contributed by atoms with van der Waals surface area (Å²) >= 11 is 1.54. The lowest BCUT2D eigenvalue weighted by Crippen LogP contribution is -2.34. The van der Waals surface area contributed by atoms with Crippen LogP contribution in [0.1, 0.15) is 40.0 Å². The highest BCUT2D eigenvalue weighted by molar-refractivity contribution is 8.00. The molecule has 2 aliphatic carbocycles. The average molecular weight is 316 g/mol. The van der Waals surface area contributed by atoms with Gasteiger partial charge in [-0.15, -0.1) is 11.8 Å². The summed E-state index contributed by atoms with van der Waals surface area (Å²) in [4.78, 5) is 13.1. The molecule has 1 N–H and O–H groups in total. The van der Waals surface area contributed by atoms with Crippen LogP contribution in [0, 0.1) is 16.7 Å². The van der Waals surface area contributed by atoms with Crippen molar-refractivity contribution in [3.05, 3.63) is 30.3 Å². The van der Waals surface area contributed by atoms with Crippen molar-refractivity contribution in [1.82, 2.24) is 5.43 Å². The molecule has 1 amide bonds. The maximum atomic E-state index is 12.0. The molecule has 2 bridgehead atoms. The van der Waals surface area contributed by atoms with Gasteiger partial charge in [0.1, 0.15) is 0 Å². The third-order valence-electron chi connectivity index (χ3n) is 5.94. The van der Waals surface area contributed by atoms with E-state index in [-0.39, 0.29) is 11.3 Å². The van der Waals surface area contributed by atoms with E-state index in [9.17, 15) is 4.79 Å². The first-order chi connectivity index (χ1) is 10.4. The Morgan fingerprint density at radius 2 is 2.05 bits per heavy atom. The molecule has 1 aromatic rings. The van der Waals surface area contributed by atoms with Crippen molar-refractivity contribution in [3.63, 3.8) is 0 Å². The first-order valence-electron chi connectivity index (χ1n) is 7.97. The summed E-state index contributed by atoms with van der Waals surface area (Å²) in [6.07, 6.45) is 3.52. The molecular formula is C18H24N2OS. The summed E-state index contributed by atoms with van der Waals surface area (Å²) in [5.41, 5.74) is 4.41. The first-order valence-corrected chi connectivity index (χ1v) is 8.96. The second-order valence-corrected chi connectivity index (χ2v) is 8.24. The smallest absolute Gasteiger partial charge is 0.250 e. The summed E-state index contributed by atoms with van der Waals surface area (Å²) in [6, 6.07) is 9.98. The standard InChI is InChI=1S/C18H24N2OS/c1-17(2)13-9-10-18(17,3)15(11-13)19-20-16(21)12-22-14-7-5-4-6-8-14/h4-8,13H,9-12H2,1-3H3,(H,20,21)/b19-15+/t13-,18-/m1/s1. The Labute approximate surface area is 136 Å². The maximum Gasteiger partial charge on any atom is 0.250 e. The minimum atomic E-state index is -0.0227. The van der Waals surface area contributed by atoms with Gasteiger partial charge in [0.05, 0.1) is 5.75 Å². The monoisotopic (exact) mass is 316 g/mol. The number of thioether (sulfide) groups is 1. The zero-order chi connectivity index (χ0) is 15.8. The van der Waals surface area contributed by atoms with Crippen LogP contribution in [0.4, 0.5) is 0 Å². The Morgan fingerprint density at radius 3 is 2.64 bits per heavy atom. The van der Waals surface area contributed by atoms with Crippen molar-refractivity contribution in [1.29, 1.82) is 0 Å². The number of nitrogens with zero attached hydrogens (tertiary/aromatic N) is 1. The van der Waals surface area contributed by atoms with Crippen LogP contribution in [0.15, 0.2) is 40.3 Å². The molecule has 2 atom stereocenters. The van der Waals surface area contributed by atoms with E-state index in [1.54, 1.807) is 11.8 Å². The van der Waals surface area contributed by atoms with Crippen LogP contribution in [-0.2, 0) is 4.79 Å². The number of nitrogens with one attached hydrogen (secondary N) is 1. The molecule has 0 heterocycles. The molecular weight excluding hydrogens is 292 g/mol. The molecule has 2 aliphatic rings. The molecule has 0 radical (unpaired) electrons. The molecule has 1 aromatic carbocycles. The van der Waals surface area contributed by atoms with E-state index >= 15 is 0 Å². The number of amides is 1. The highest BCUT2D eigenvalue weighted by Crippen LogP contribution is 2.63. The van der Waals surface area contributed by atoms with Crippen LogP contribution in [0.3, 0.4) is 0 Å². The Balaban J connectivity index is 1.57. The van der Waals surface area contributed by atoms with Crippen LogP contribution in [-0.4, -0.2) is 17.4 Å². The molecule has 0 unspecified atom stereocenters. The number of rotatable bonds is 4. The molecule has 0 aliphatic heterocycles. The van der Waals surface area contributed by atoms with Gasteiger partial charge in [-0.2, -0.15) is 5.10 Å². The zero-order valence-corrected chi connectivity index (χ0v) is 14.4. The zero-order valence-electron chi connectivity index (χ0n) is 13.6. The van der Waals surface area contributed by atoms with E-state index in [0.717, 1.165) is 11.3 Å². The fourth-order valence-electron chi connectivity index (χ4n) is 3.93. The van der Waals surface area contributed by atoms with Gasteiger partial charge in [0, 0.05) is 16.0 Å². The molecule has 118 valence electrons. The number of hydrogen-bond acceptors (Lipinski definition) is 3. The van der Waals surface area contributed by atoms with Gasteiger partial charge < -0.3 is 0 Å². The Kier molecular flexibility index (Phi) is 4.06. The van der Waals surface area contributed by atoms with E-state index in [1.807, 2.05) is 30.3 Å². The van der Waals surface area contributed by atoms with E-state index in [0.29, 0.717) is 17.1 Å². The van der Waals surface area contributed by atoms with Crippen molar-refractivity contribution in [2.45, 2.75) is 44.9 Å². The number of hydrogen-bond donors (Lipinski definition) is 1. The minimum absolute atomic E-state index is 0.0227. The van der Waals surface area contributed by atoms with Crippen molar-refractivity contribution in [2.75, 3.05) is 5.75 Å². The Hall–Kier alpha value is -1.29. The highest BCUT2D eigenvalue weighted by Gasteiger charge is 2.59. The number of hydrazone groups is 1. The van der Waals surface area contributed by atoms with Crippen molar-refractivity contribution < 1.29 is 4.79 Å². The van der Waals surface area contributed by atoms with Gasteiger partial charge in [-0.1, -0.05) is 39.0 Å². The topological polar surface area (TPSA) is 41.5 Å². The SMILES string of the molecule is CC1(C)[C@@H]2CC[C@]1(C)/C(=N/NC(=O)CSc1ccccc1)C2. The van der Waals surface area contributed by atoms with Gasteiger partial charge in [-0.3, -0.25) is 4.79 Å². The van der Waals surface area contributed by atoms with Crippen LogP contribution in [0.2, 0.25) is 0 Å². The number of fused-ring (bicyclic) bond motifs is 2. The van der Waals surface area contributed by atoms with E-state index in [4.69, 9.17) is 0 Å².